The second-order valence-electron chi connectivity index (χ2n) is 4.61. The van der Waals surface area contributed by atoms with Crippen molar-refractivity contribution in [3.05, 3.63) is 11.9 Å². The van der Waals surface area contributed by atoms with Gasteiger partial charge >= 0.3 is 0 Å². The quantitative estimate of drug-likeness (QED) is 0.648. The second-order valence-corrected chi connectivity index (χ2v) is 4.61. The van der Waals surface area contributed by atoms with Crippen LogP contribution in [0.2, 0.25) is 0 Å². The molecule has 1 aliphatic heterocycles. The van der Waals surface area contributed by atoms with Crippen LogP contribution in [0.25, 0.3) is 5.65 Å². The SMILES string of the molecule is COc1nc(N)nn2c([C@@H]3O[C@H](CO)C(O)[C@H]3F)cnc12. The minimum absolute atomic E-state index is 0.0775. The molecule has 2 aromatic heterocycles. The third kappa shape index (κ3) is 2.07. The minimum Gasteiger partial charge on any atom is -0.478 e. The molecular formula is C11H14FN5O4. The van der Waals surface area contributed by atoms with Crippen LogP contribution in [0, 0.1) is 0 Å². The van der Waals surface area contributed by atoms with Crippen LogP contribution in [0.1, 0.15) is 11.8 Å². The number of aliphatic hydroxyl groups is 2. The fourth-order valence-corrected chi connectivity index (χ4v) is 2.33. The number of aromatic nitrogens is 4. The molecular weight excluding hydrogens is 285 g/mol. The zero-order chi connectivity index (χ0) is 15.1. The number of fused-ring (bicyclic) bond motifs is 1. The second kappa shape index (κ2) is 5.06. The molecule has 0 aliphatic carbocycles. The number of hydrogen-bond acceptors (Lipinski definition) is 8. The maximum atomic E-state index is 14.2. The number of imidazole rings is 1. The van der Waals surface area contributed by atoms with Gasteiger partial charge in [0.2, 0.25) is 11.6 Å². The number of halogens is 1. The van der Waals surface area contributed by atoms with Crippen LogP contribution in [-0.4, -0.2) is 61.9 Å². The number of nitrogen functional groups attached to an aromatic ring is 1. The Balaban J connectivity index is 2.07. The highest BCUT2D eigenvalue weighted by molar-refractivity contribution is 5.51. The first-order chi connectivity index (χ1) is 10.1. The maximum absolute atomic E-state index is 14.2. The van der Waals surface area contributed by atoms with Crippen molar-refractivity contribution in [1.29, 1.82) is 0 Å². The lowest BCUT2D eigenvalue weighted by molar-refractivity contribution is -0.0241. The zero-order valence-electron chi connectivity index (χ0n) is 11.0. The number of ether oxygens (including phenoxy) is 2. The highest BCUT2D eigenvalue weighted by Crippen LogP contribution is 2.36. The Hall–Kier alpha value is -2.04. The van der Waals surface area contributed by atoms with E-state index >= 15 is 0 Å². The van der Waals surface area contributed by atoms with Crippen LogP contribution in [0.15, 0.2) is 6.20 Å². The fraction of sp³-hybridized carbons (Fsp3) is 0.545. The number of anilines is 1. The van der Waals surface area contributed by atoms with Gasteiger partial charge in [0, 0.05) is 0 Å². The van der Waals surface area contributed by atoms with Gasteiger partial charge in [-0.25, -0.2) is 13.9 Å². The van der Waals surface area contributed by atoms with Crippen molar-refractivity contribution in [3.63, 3.8) is 0 Å². The van der Waals surface area contributed by atoms with Crippen molar-refractivity contribution in [2.24, 2.45) is 0 Å². The van der Waals surface area contributed by atoms with E-state index in [0.29, 0.717) is 0 Å². The van der Waals surface area contributed by atoms with Gasteiger partial charge in [-0.3, -0.25) is 0 Å². The van der Waals surface area contributed by atoms with E-state index < -0.39 is 31.1 Å². The molecule has 9 nitrogen and oxygen atoms in total. The van der Waals surface area contributed by atoms with E-state index in [0.717, 1.165) is 0 Å². The van der Waals surface area contributed by atoms with E-state index in [1.54, 1.807) is 0 Å². The molecule has 10 heteroatoms. The van der Waals surface area contributed by atoms with Gasteiger partial charge in [0.15, 0.2) is 6.17 Å². The molecule has 0 saturated carbocycles. The molecule has 0 bridgehead atoms. The molecule has 3 rings (SSSR count). The molecule has 1 saturated heterocycles. The number of alkyl halides is 1. The molecule has 1 unspecified atom stereocenters. The van der Waals surface area contributed by atoms with E-state index in [-0.39, 0.29) is 23.2 Å². The highest BCUT2D eigenvalue weighted by Gasteiger charge is 2.46. The smallest absolute Gasteiger partial charge is 0.262 e. The van der Waals surface area contributed by atoms with Crippen LogP contribution < -0.4 is 10.5 Å². The summed E-state index contributed by atoms with van der Waals surface area (Å²) in [6.45, 7) is -0.491. The number of nitrogens with two attached hydrogens (primary N) is 1. The van der Waals surface area contributed by atoms with E-state index in [1.807, 2.05) is 0 Å². The van der Waals surface area contributed by atoms with E-state index in [4.69, 9.17) is 20.3 Å². The lowest BCUT2D eigenvalue weighted by Gasteiger charge is -2.12. The average molecular weight is 299 g/mol. The van der Waals surface area contributed by atoms with Crippen molar-refractivity contribution in [2.75, 3.05) is 19.5 Å². The predicted molar refractivity (Wildman–Crippen MR) is 67.3 cm³/mol. The summed E-state index contributed by atoms with van der Waals surface area (Å²) in [4.78, 5) is 7.91. The Morgan fingerprint density at radius 3 is 2.95 bits per heavy atom. The number of nitrogens with zero attached hydrogens (tertiary/aromatic N) is 4. The Bertz CT molecular complexity index is 665. The number of methoxy groups -OCH3 is 1. The third-order valence-corrected chi connectivity index (χ3v) is 3.36. The Morgan fingerprint density at radius 2 is 2.33 bits per heavy atom. The molecule has 21 heavy (non-hydrogen) atoms. The monoisotopic (exact) mass is 299 g/mol. The molecule has 1 fully saturated rings. The van der Waals surface area contributed by atoms with Gasteiger partial charge in [0.1, 0.15) is 18.3 Å². The normalized spacial score (nSPS) is 29.1. The highest BCUT2D eigenvalue weighted by atomic mass is 19.1. The van der Waals surface area contributed by atoms with Gasteiger partial charge in [-0.05, 0) is 0 Å². The van der Waals surface area contributed by atoms with Gasteiger partial charge in [0.05, 0.1) is 25.6 Å². The maximum Gasteiger partial charge on any atom is 0.262 e. The van der Waals surface area contributed by atoms with Crippen molar-refractivity contribution in [3.8, 4) is 5.88 Å². The summed E-state index contributed by atoms with van der Waals surface area (Å²) < 4.78 is 25.8. The van der Waals surface area contributed by atoms with E-state index in [9.17, 15) is 9.50 Å². The van der Waals surface area contributed by atoms with E-state index in [1.165, 1.54) is 17.8 Å². The van der Waals surface area contributed by atoms with Crippen LogP contribution in [0.4, 0.5) is 10.3 Å². The summed E-state index contributed by atoms with van der Waals surface area (Å²) in [5.74, 6) is 0.0627. The van der Waals surface area contributed by atoms with Gasteiger partial charge < -0.3 is 25.4 Å². The van der Waals surface area contributed by atoms with Crippen LogP contribution >= 0.6 is 0 Å². The zero-order valence-corrected chi connectivity index (χ0v) is 11.0. The molecule has 0 amide bonds. The largest absolute Gasteiger partial charge is 0.478 e. The average Bonchev–Trinajstić information content (AvgIpc) is 3.01. The summed E-state index contributed by atoms with van der Waals surface area (Å²) >= 11 is 0. The van der Waals surface area contributed by atoms with Crippen molar-refractivity contribution in [1.82, 2.24) is 19.6 Å². The van der Waals surface area contributed by atoms with Crippen LogP contribution in [-0.2, 0) is 4.74 Å². The van der Waals surface area contributed by atoms with Gasteiger partial charge in [0.25, 0.3) is 5.88 Å². The van der Waals surface area contributed by atoms with Crippen LogP contribution in [0.3, 0.4) is 0 Å². The van der Waals surface area contributed by atoms with Gasteiger partial charge in [-0.15, -0.1) is 5.10 Å². The molecule has 4 atom stereocenters. The molecule has 2 aromatic rings. The number of hydrogen-bond donors (Lipinski definition) is 3. The molecule has 1 aliphatic rings. The topological polar surface area (TPSA) is 128 Å². The summed E-state index contributed by atoms with van der Waals surface area (Å²) in [5.41, 5.74) is 6.07. The third-order valence-electron chi connectivity index (χ3n) is 3.36. The van der Waals surface area contributed by atoms with Crippen LogP contribution in [0.5, 0.6) is 5.88 Å². The molecule has 0 radical (unpaired) electrons. The minimum atomic E-state index is -1.72. The molecule has 0 aromatic carbocycles. The number of rotatable bonds is 3. The first-order valence-electron chi connectivity index (χ1n) is 6.20. The Morgan fingerprint density at radius 1 is 1.57 bits per heavy atom. The lowest BCUT2D eigenvalue weighted by Crippen LogP contribution is -2.30. The van der Waals surface area contributed by atoms with Gasteiger partial charge in [-0.1, -0.05) is 0 Å². The summed E-state index contributed by atoms with van der Waals surface area (Å²) in [6, 6.07) is 0. The summed E-state index contributed by atoms with van der Waals surface area (Å²) in [6.07, 6.45) is -3.92. The van der Waals surface area contributed by atoms with Crippen molar-refractivity contribution < 1.29 is 24.1 Å². The first kappa shape index (κ1) is 13.9. The molecule has 3 heterocycles. The van der Waals surface area contributed by atoms with Gasteiger partial charge in [-0.2, -0.15) is 4.98 Å². The predicted octanol–water partition coefficient (Wildman–Crippen LogP) is -1.15. The molecule has 4 N–H and O–H groups in total. The Labute approximate surface area is 118 Å². The molecule has 114 valence electrons. The first-order valence-corrected chi connectivity index (χ1v) is 6.20. The standard InChI is InChI=1S/C11H14FN5O4/c1-20-10-9-14-2-4(17(9)16-11(13)15-10)8-6(12)7(19)5(3-18)21-8/h2,5-8,18-19H,3H2,1H3,(H2,13,16)/t5-,6-,7?,8+/m1/s1. The summed E-state index contributed by atoms with van der Waals surface area (Å²) in [5, 5.41) is 22.7. The summed E-state index contributed by atoms with van der Waals surface area (Å²) in [7, 11) is 1.39. The Kier molecular flexibility index (Phi) is 3.35. The van der Waals surface area contributed by atoms with Crippen molar-refractivity contribution >= 4 is 11.6 Å². The van der Waals surface area contributed by atoms with E-state index in [2.05, 4.69) is 15.1 Å². The molecule has 0 spiro atoms. The fourth-order valence-electron chi connectivity index (χ4n) is 2.33. The lowest BCUT2D eigenvalue weighted by atomic mass is 10.1. The number of aliphatic hydroxyl groups excluding tert-OH is 2. The van der Waals surface area contributed by atoms with Crippen molar-refractivity contribution in [2.45, 2.75) is 24.5 Å².